The third kappa shape index (κ3) is 1.90. The molecule has 0 spiro atoms. The molecule has 0 aromatic rings. The number of nitrogens with zero attached hydrogens (tertiary/aromatic N) is 1. The molecule has 2 N–H and O–H groups in total. The summed E-state index contributed by atoms with van der Waals surface area (Å²) in [5.41, 5.74) is 1.25. The van der Waals surface area contributed by atoms with Crippen LogP contribution in [0, 0.1) is 0 Å². The Labute approximate surface area is 88.4 Å². The highest BCUT2D eigenvalue weighted by Gasteiger charge is 2.44. The zero-order chi connectivity index (χ0) is 10.9. The van der Waals surface area contributed by atoms with Gasteiger partial charge in [-0.05, 0) is 0 Å². The molecule has 0 saturated carbocycles. The summed E-state index contributed by atoms with van der Waals surface area (Å²) < 4.78 is 22.3. The summed E-state index contributed by atoms with van der Waals surface area (Å²) in [5, 5.41) is 6.78. The summed E-state index contributed by atoms with van der Waals surface area (Å²) in [7, 11) is -3.64. The Morgan fingerprint density at radius 2 is 2.07 bits per heavy atom. The Kier molecular flexibility index (Phi) is 3.16. The van der Waals surface area contributed by atoms with Gasteiger partial charge in [0.05, 0.1) is 5.75 Å². The monoisotopic (exact) mass is 236 g/mol. The normalized spacial score (nSPS) is 24.6. The van der Waals surface area contributed by atoms with Gasteiger partial charge in [0, 0.05) is 6.54 Å². The molecule has 0 aromatic heterocycles. The van der Waals surface area contributed by atoms with Crippen molar-refractivity contribution in [2.24, 2.45) is 0 Å². The number of sulfone groups is 1. The highest BCUT2D eigenvalue weighted by molar-refractivity contribution is 7.93. The van der Waals surface area contributed by atoms with Crippen molar-refractivity contribution in [2.45, 2.75) is 5.37 Å². The molecule has 0 bridgehead atoms. The second-order valence-corrected chi connectivity index (χ2v) is 5.94. The molecule has 1 saturated heterocycles. The van der Waals surface area contributed by atoms with Crippen LogP contribution in [-0.4, -0.2) is 63.2 Å². The Bertz CT molecular complexity index is 366. The van der Waals surface area contributed by atoms with Gasteiger partial charge in [-0.3, -0.25) is 14.8 Å². The molecular formula is C5H9AlN2O5S. The number of carbonyl (C=O) groups excluding carboxylic acids is 2. The maximum absolute atomic E-state index is 11.3. The van der Waals surface area contributed by atoms with Crippen LogP contribution in [0.1, 0.15) is 0 Å². The molecule has 1 aliphatic heterocycles. The van der Waals surface area contributed by atoms with Crippen LogP contribution in [0.15, 0.2) is 0 Å². The molecule has 0 unspecified atom stereocenters. The van der Waals surface area contributed by atoms with Gasteiger partial charge in [0.1, 0.15) is 4.77 Å². The molecule has 14 heavy (non-hydrogen) atoms. The summed E-state index contributed by atoms with van der Waals surface area (Å²) in [6.45, 7) is 0.0166. The third-order valence-corrected chi connectivity index (χ3v) is 4.45. The summed E-state index contributed by atoms with van der Waals surface area (Å²) in [6, 6.07) is 0. The van der Waals surface area contributed by atoms with Crippen molar-refractivity contribution in [3.05, 3.63) is 0 Å². The van der Waals surface area contributed by atoms with Crippen LogP contribution in [0.5, 0.6) is 0 Å². The fraction of sp³-hybridized carbons (Fsp3) is 0.600. The molecule has 1 heterocycles. The number of carbonyl (C=O) groups is 2. The molecule has 7 nitrogen and oxygen atoms in total. The Balaban J connectivity index is 3.05. The van der Waals surface area contributed by atoms with E-state index in [-0.39, 0.29) is 33.4 Å². The van der Waals surface area contributed by atoms with E-state index in [1.807, 2.05) is 0 Å². The first-order chi connectivity index (χ1) is 6.40. The average Bonchev–Trinajstić information content (AvgIpc) is 2.40. The summed E-state index contributed by atoms with van der Waals surface area (Å²) in [5.74, 6) is -1.31. The summed E-state index contributed by atoms with van der Waals surface area (Å²) in [6.07, 6.45) is 0. The van der Waals surface area contributed by atoms with E-state index in [2.05, 4.69) is 0 Å². The average molecular weight is 236 g/mol. The van der Waals surface area contributed by atoms with E-state index in [4.69, 9.17) is 5.21 Å². The van der Waals surface area contributed by atoms with Gasteiger partial charge >= 0.3 is 16.3 Å². The van der Waals surface area contributed by atoms with Crippen molar-refractivity contribution in [3.8, 4) is 0 Å². The molecule has 1 aliphatic rings. The molecule has 9 heteroatoms. The van der Waals surface area contributed by atoms with E-state index in [1.54, 1.807) is 0 Å². The molecule has 1 atom stereocenters. The second kappa shape index (κ2) is 3.86. The van der Waals surface area contributed by atoms with Gasteiger partial charge in [0.25, 0.3) is 5.91 Å². The van der Waals surface area contributed by atoms with Crippen LogP contribution in [0.2, 0.25) is 0 Å². The lowest BCUT2D eigenvalue weighted by Gasteiger charge is -2.20. The van der Waals surface area contributed by atoms with Gasteiger partial charge in [-0.2, -0.15) is 0 Å². The van der Waals surface area contributed by atoms with Crippen LogP contribution in [-0.2, 0) is 14.6 Å². The maximum Gasteiger partial charge on any atom is 0.355 e. The van der Waals surface area contributed by atoms with E-state index in [9.17, 15) is 18.0 Å². The van der Waals surface area contributed by atoms with E-state index in [1.165, 1.54) is 5.48 Å². The zero-order valence-electron chi connectivity index (χ0n) is 7.43. The van der Waals surface area contributed by atoms with E-state index < -0.39 is 21.1 Å². The van der Waals surface area contributed by atoms with E-state index in [0.717, 1.165) is 4.90 Å². The Morgan fingerprint density at radius 1 is 1.50 bits per heavy atom. The molecule has 0 aliphatic carbocycles. The predicted octanol–water partition coefficient (Wildman–Crippen LogP) is -2.70. The summed E-state index contributed by atoms with van der Waals surface area (Å²) in [4.78, 5) is 23.0. The van der Waals surface area contributed by atoms with Gasteiger partial charge in [-0.25, -0.2) is 13.9 Å². The second-order valence-electron chi connectivity index (χ2n) is 2.91. The first-order valence-electron chi connectivity index (χ1n) is 3.83. The molecule has 1 fully saturated rings. The summed E-state index contributed by atoms with van der Waals surface area (Å²) >= 11 is 0.138. The minimum Gasteiger partial charge on any atom is -0.334 e. The fourth-order valence-electron chi connectivity index (χ4n) is 1.33. The van der Waals surface area contributed by atoms with Crippen molar-refractivity contribution >= 4 is 36.8 Å². The lowest BCUT2D eigenvalue weighted by atomic mass is 10.5. The number of rotatable bonds is 1. The number of amides is 2. The Morgan fingerprint density at radius 3 is 2.50 bits per heavy atom. The molecule has 78 valence electrons. The van der Waals surface area contributed by atoms with E-state index in [0.29, 0.717) is 0 Å². The lowest BCUT2D eigenvalue weighted by molar-refractivity contribution is -0.130. The number of hydroxylamine groups is 1. The number of hydrogen-bond donors (Lipinski definition) is 2. The van der Waals surface area contributed by atoms with Crippen LogP contribution in [0.4, 0.5) is 4.79 Å². The first kappa shape index (κ1) is 11.5. The van der Waals surface area contributed by atoms with Gasteiger partial charge in [0.2, 0.25) is 5.37 Å². The largest absolute Gasteiger partial charge is 0.355 e. The van der Waals surface area contributed by atoms with Crippen LogP contribution < -0.4 is 5.48 Å². The highest BCUT2D eigenvalue weighted by Crippen LogP contribution is 2.17. The van der Waals surface area contributed by atoms with Gasteiger partial charge < -0.3 is 4.90 Å². The fourth-order valence-corrected chi connectivity index (χ4v) is 3.69. The number of nitrogens with one attached hydrogen (secondary N) is 1. The Hall–Kier alpha value is -0.618. The van der Waals surface area contributed by atoms with Crippen molar-refractivity contribution in [1.29, 1.82) is 0 Å². The van der Waals surface area contributed by atoms with Crippen LogP contribution >= 0.6 is 0 Å². The van der Waals surface area contributed by atoms with E-state index >= 15 is 0 Å². The molecule has 1 rings (SSSR count). The van der Waals surface area contributed by atoms with Gasteiger partial charge in [0.15, 0.2) is 9.84 Å². The standard InChI is InChI=1S/C5H7N2O5S.Al.2H/c8-3-7-1-2-13(11,12)5(7)4(9)6-10;;;/h5,10H,1-2H2,(H,6,9);;;/t5-;;;/m1.../s1. The minimum atomic E-state index is -3.64. The quantitative estimate of drug-likeness (QED) is 0.293. The lowest BCUT2D eigenvalue weighted by Crippen LogP contribution is -2.47. The third-order valence-electron chi connectivity index (χ3n) is 1.98. The first-order valence-corrected chi connectivity index (χ1v) is 6.54. The highest BCUT2D eigenvalue weighted by atomic mass is 32.2. The molecule has 0 aromatic carbocycles. The van der Waals surface area contributed by atoms with Crippen molar-refractivity contribution in [2.75, 3.05) is 12.3 Å². The topological polar surface area (TPSA) is 104 Å². The zero-order valence-corrected chi connectivity index (χ0v) is 10.2. The van der Waals surface area contributed by atoms with Crippen LogP contribution in [0.3, 0.4) is 0 Å². The van der Waals surface area contributed by atoms with Gasteiger partial charge in [-0.1, -0.05) is 0 Å². The van der Waals surface area contributed by atoms with Gasteiger partial charge in [-0.15, -0.1) is 0 Å². The van der Waals surface area contributed by atoms with Crippen molar-refractivity contribution in [3.63, 3.8) is 0 Å². The smallest absolute Gasteiger partial charge is 0.334 e. The SMILES string of the molecule is O=C(NO)[C@@H]1N([C](=O)[AlH2])CCS1(=O)=O. The molecule has 0 radical (unpaired) electrons. The number of hydrogen-bond acceptors (Lipinski definition) is 5. The maximum atomic E-state index is 11.3. The predicted molar refractivity (Wildman–Crippen MR) is 48.2 cm³/mol. The molecular weight excluding hydrogens is 227 g/mol. The molecule has 2 amide bonds. The van der Waals surface area contributed by atoms with Crippen molar-refractivity contribution in [1.82, 2.24) is 10.4 Å². The van der Waals surface area contributed by atoms with Crippen LogP contribution in [0.25, 0.3) is 0 Å². The van der Waals surface area contributed by atoms with Crippen molar-refractivity contribution < 1.29 is 23.2 Å². The minimum absolute atomic E-state index is 0.0166.